The summed E-state index contributed by atoms with van der Waals surface area (Å²) in [7, 11) is 0. The molecule has 0 unspecified atom stereocenters. The van der Waals surface area contributed by atoms with Crippen LogP contribution in [-0.2, 0) is 4.79 Å². The second-order valence-electron chi connectivity index (χ2n) is 3.85. The Kier molecular flexibility index (Phi) is 3.39. The number of hydrogen-bond donors (Lipinski definition) is 2. The number of rotatable bonds is 3. The Labute approximate surface area is 104 Å². The number of carbonyl (C=O) groups excluding carboxylic acids is 1. The minimum Gasteiger partial charge on any atom is -0.361 e. The topological polar surface area (TPSA) is 81.0 Å². The molecule has 0 aliphatic carbocycles. The van der Waals surface area contributed by atoms with Crippen LogP contribution in [0.2, 0.25) is 0 Å². The van der Waals surface area contributed by atoms with Crippen LogP contribution in [0.5, 0.6) is 0 Å². The summed E-state index contributed by atoms with van der Waals surface area (Å²) in [6.07, 6.45) is 1.68. The molecule has 1 amide bonds. The molecule has 2 aromatic rings. The number of carbonyl (C=O) groups is 1. The Morgan fingerprint density at radius 3 is 3.11 bits per heavy atom. The van der Waals surface area contributed by atoms with E-state index < -0.39 is 5.91 Å². The fourth-order valence-electron chi connectivity index (χ4n) is 1.60. The van der Waals surface area contributed by atoms with Crippen LogP contribution < -0.4 is 5.43 Å². The molecule has 1 aromatic carbocycles. The van der Waals surface area contributed by atoms with Crippen LogP contribution >= 0.6 is 0 Å². The molecule has 0 saturated heterocycles. The van der Waals surface area contributed by atoms with Crippen molar-refractivity contribution in [2.24, 2.45) is 5.10 Å². The number of nitriles is 1. The van der Waals surface area contributed by atoms with Gasteiger partial charge in [0.05, 0.1) is 11.8 Å². The van der Waals surface area contributed by atoms with Crippen LogP contribution in [0.15, 0.2) is 35.6 Å². The fourth-order valence-corrected chi connectivity index (χ4v) is 1.60. The third-order valence-electron chi connectivity index (χ3n) is 2.56. The van der Waals surface area contributed by atoms with Crippen molar-refractivity contribution in [2.45, 2.75) is 13.3 Å². The first-order valence-electron chi connectivity index (χ1n) is 5.48. The normalized spacial score (nSPS) is 11.2. The van der Waals surface area contributed by atoms with E-state index in [0.29, 0.717) is 5.71 Å². The van der Waals surface area contributed by atoms with E-state index in [1.54, 1.807) is 13.0 Å². The van der Waals surface area contributed by atoms with Gasteiger partial charge in [0, 0.05) is 17.1 Å². The summed E-state index contributed by atoms with van der Waals surface area (Å²) in [6.45, 7) is 1.81. The number of hydrazone groups is 1. The average molecular weight is 240 g/mol. The maximum Gasteiger partial charge on any atom is 0.254 e. The van der Waals surface area contributed by atoms with Gasteiger partial charge in [-0.1, -0.05) is 6.07 Å². The van der Waals surface area contributed by atoms with Crippen molar-refractivity contribution in [1.29, 1.82) is 5.26 Å². The summed E-state index contributed by atoms with van der Waals surface area (Å²) in [4.78, 5) is 14.2. The number of H-pyrrole nitrogens is 1. The van der Waals surface area contributed by atoms with Gasteiger partial charge in [0.25, 0.3) is 5.91 Å². The van der Waals surface area contributed by atoms with Gasteiger partial charge >= 0.3 is 0 Å². The van der Waals surface area contributed by atoms with Gasteiger partial charge in [-0.2, -0.15) is 10.4 Å². The molecule has 18 heavy (non-hydrogen) atoms. The Balaban J connectivity index is 2.17. The predicted molar refractivity (Wildman–Crippen MR) is 68.9 cm³/mol. The number of amides is 1. The van der Waals surface area contributed by atoms with E-state index in [1.807, 2.05) is 30.5 Å². The van der Waals surface area contributed by atoms with Crippen molar-refractivity contribution in [1.82, 2.24) is 10.4 Å². The van der Waals surface area contributed by atoms with E-state index in [2.05, 4.69) is 15.5 Å². The predicted octanol–water partition coefficient (Wildman–Crippen LogP) is 1.92. The van der Waals surface area contributed by atoms with Gasteiger partial charge in [0.15, 0.2) is 0 Å². The lowest BCUT2D eigenvalue weighted by molar-refractivity contribution is -0.120. The SMILES string of the molecule is C/C(=N/NC(=O)CC#N)c1ccc2[nH]ccc2c1. The minimum atomic E-state index is -0.403. The molecule has 2 rings (SSSR count). The van der Waals surface area contributed by atoms with Crippen LogP contribution in [-0.4, -0.2) is 16.6 Å². The molecule has 0 radical (unpaired) electrons. The summed E-state index contributed by atoms with van der Waals surface area (Å²) in [5.41, 5.74) is 5.03. The zero-order valence-electron chi connectivity index (χ0n) is 9.90. The molecular weight excluding hydrogens is 228 g/mol. The first kappa shape index (κ1) is 11.9. The molecule has 0 saturated carbocycles. The van der Waals surface area contributed by atoms with Crippen LogP contribution in [0.4, 0.5) is 0 Å². The van der Waals surface area contributed by atoms with E-state index in [4.69, 9.17) is 5.26 Å². The number of aromatic amines is 1. The Morgan fingerprint density at radius 2 is 2.33 bits per heavy atom. The Bertz CT molecular complexity index is 648. The zero-order valence-corrected chi connectivity index (χ0v) is 9.90. The molecular formula is C13H12N4O. The zero-order chi connectivity index (χ0) is 13.0. The molecule has 1 aromatic heterocycles. The van der Waals surface area contributed by atoms with Gasteiger partial charge in [-0.05, 0) is 30.7 Å². The lowest BCUT2D eigenvalue weighted by Gasteiger charge is -2.01. The van der Waals surface area contributed by atoms with Gasteiger partial charge < -0.3 is 4.98 Å². The van der Waals surface area contributed by atoms with E-state index in [1.165, 1.54) is 0 Å². The standard InChI is InChI=1S/C13H12N4O/c1-9(16-17-13(18)4-6-14)10-2-3-12-11(8-10)5-7-15-12/h2-3,5,7-8,15H,4H2,1H3,(H,17,18)/b16-9-. The number of aromatic nitrogens is 1. The molecule has 0 bridgehead atoms. The number of nitrogens with zero attached hydrogens (tertiary/aromatic N) is 2. The number of hydrogen-bond acceptors (Lipinski definition) is 3. The fraction of sp³-hybridized carbons (Fsp3) is 0.154. The second kappa shape index (κ2) is 5.15. The van der Waals surface area contributed by atoms with E-state index in [-0.39, 0.29) is 6.42 Å². The van der Waals surface area contributed by atoms with Crippen LogP contribution in [0.1, 0.15) is 18.9 Å². The van der Waals surface area contributed by atoms with Crippen molar-refractivity contribution < 1.29 is 4.79 Å². The highest BCUT2D eigenvalue weighted by molar-refractivity contribution is 6.02. The quantitative estimate of drug-likeness (QED) is 0.634. The maximum absolute atomic E-state index is 11.1. The van der Waals surface area contributed by atoms with Gasteiger partial charge in [-0.25, -0.2) is 5.43 Å². The van der Waals surface area contributed by atoms with E-state index >= 15 is 0 Å². The highest BCUT2D eigenvalue weighted by atomic mass is 16.2. The summed E-state index contributed by atoms with van der Waals surface area (Å²) in [5, 5.41) is 13.4. The first-order valence-corrected chi connectivity index (χ1v) is 5.48. The van der Waals surface area contributed by atoms with Crippen LogP contribution in [0, 0.1) is 11.3 Å². The molecule has 90 valence electrons. The average Bonchev–Trinajstić information content (AvgIpc) is 2.83. The lowest BCUT2D eigenvalue weighted by atomic mass is 10.1. The van der Waals surface area contributed by atoms with E-state index in [9.17, 15) is 4.79 Å². The number of nitrogens with one attached hydrogen (secondary N) is 2. The number of benzene rings is 1. The van der Waals surface area contributed by atoms with Gasteiger partial charge in [0.2, 0.25) is 0 Å². The lowest BCUT2D eigenvalue weighted by Crippen LogP contribution is -2.18. The van der Waals surface area contributed by atoms with Gasteiger partial charge in [-0.15, -0.1) is 0 Å². The smallest absolute Gasteiger partial charge is 0.254 e. The van der Waals surface area contributed by atoms with Crippen molar-refractivity contribution in [3.05, 3.63) is 36.0 Å². The number of fused-ring (bicyclic) bond motifs is 1. The molecule has 0 spiro atoms. The molecule has 1 heterocycles. The molecule has 2 N–H and O–H groups in total. The highest BCUT2D eigenvalue weighted by Crippen LogP contribution is 2.14. The van der Waals surface area contributed by atoms with Crippen LogP contribution in [0.25, 0.3) is 10.9 Å². The summed E-state index contributed by atoms with van der Waals surface area (Å²) in [6, 6.07) is 9.61. The second-order valence-corrected chi connectivity index (χ2v) is 3.85. The molecule has 5 nitrogen and oxygen atoms in total. The van der Waals surface area contributed by atoms with Crippen molar-refractivity contribution in [3.63, 3.8) is 0 Å². The molecule has 0 aliphatic heterocycles. The van der Waals surface area contributed by atoms with Crippen LogP contribution in [0.3, 0.4) is 0 Å². The van der Waals surface area contributed by atoms with Gasteiger partial charge in [0.1, 0.15) is 6.42 Å². The third-order valence-corrected chi connectivity index (χ3v) is 2.56. The largest absolute Gasteiger partial charge is 0.361 e. The maximum atomic E-state index is 11.1. The van der Waals surface area contributed by atoms with Crippen molar-refractivity contribution in [3.8, 4) is 6.07 Å². The third kappa shape index (κ3) is 2.55. The Morgan fingerprint density at radius 1 is 1.50 bits per heavy atom. The summed E-state index contributed by atoms with van der Waals surface area (Å²) < 4.78 is 0. The minimum absolute atomic E-state index is 0.187. The van der Waals surface area contributed by atoms with Crippen molar-refractivity contribution >= 4 is 22.5 Å². The van der Waals surface area contributed by atoms with E-state index in [0.717, 1.165) is 16.5 Å². The first-order chi connectivity index (χ1) is 8.70. The van der Waals surface area contributed by atoms with Crippen molar-refractivity contribution in [2.75, 3.05) is 0 Å². The summed E-state index contributed by atoms with van der Waals surface area (Å²) in [5.74, 6) is -0.403. The Hall–Kier alpha value is -2.61. The monoisotopic (exact) mass is 240 g/mol. The summed E-state index contributed by atoms with van der Waals surface area (Å²) >= 11 is 0. The molecule has 0 aliphatic rings. The molecule has 5 heteroatoms. The molecule has 0 atom stereocenters. The van der Waals surface area contributed by atoms with Gasteiger partial charge in [-0.3, -0.25) is 4.79 Å². The molecule has 0 fully saturated rings. The highest BCUT2D eigenvalue weighted by Gasteiger charge is 2.02.